The first-order valence-corrected chi connectivity index (χ1v) is 9.19. The molecule has 1 heteroatoms. The van der Waals surface area contributed by atoms with Crippen molar-refractivity contribution in [3.63, 3.8) is 0 Å². The highest BCUT2D eigenvalue weighted by Crippen LogP contribution is 2.32. The van der Waals surface area contributed by atoms with Crippen molar-refractivity contribution in [3.8, 4) is 0 Å². The number of hydrogen-bond donors (Lipinski definition) is 1. The summed E-state index contributed by atoms with van der Waals surface area (Å²) >= 11 is 0. The molecule has 3 rings (SSSR count). The van der Waals surface area contributed by atoms with Gasteiger partial charge >= 0.3 is 0 Å². The van der Waals surface area contributed by atoms with E-state index in [4.69, 9.17) is 0 Å². The molecule has 1 fully saturated rings. The van der Waals surface area contributed by atoms with Gasteiger partial charge in [0.15, 0.2) is 0 Å². The number of benzene rings is 1. The largest absolute Gasteiger partial charge is 0.313 e. The molecule has 0 amide bonds. The molecular formula is C20H31N. The molecule has 2 atom stereocenters. The molecule has 1 aromatic rings. The quantitative estimate of drug-likeness (QED) is 0.798. The van der Waals surface area contributed by atoms with Gasteiger partial charge in [0.1, 0.15) is 0 Å². The normalized spacial score (nSPS) is 24.5. The Morgan fingerprint density at radius 1 is 1.05 bits per heavy atom. The van der Waals surface area contributed by atoms with Crippen molar-refractivity contribution in [2.24, 2.45) is 5.92 Å². The Morgan fingerprint density at radius 2 is 1.86 bits per heavy atom. The lowest BCUT2D eigenvalue weighted by molar-refractivity contribution is 0.258. The number of hydrogen-bond acceptors (Lipinski definition) is 1. The Kier molecular flexibility index (Phi) is 5.35. The lowest BCUT2D eigenvalue weighted by Crippen LogP contribution is -2.39. The van der Waals surface area contributed by atoms with Crippen molar-refractivity contribution >= 4 is 0 Å². The third kappa shape index (κ3) is 3.69. The SMILES string of the molecule is CCC(NCC1CCCc2ccccc21)C1CCCCC1. The van der Waals surface area contributed by atoms with Gasteiger partial charge in [-0.15, -0.1) is 0 Å². The molecule has 2 unspecified atom stereocenters. The molecule has 0 aliphatic heterocycles. The maximum Gasteiger partial charge on any atom is 0.00929 e. The van der Waals surface area contributed by atoms with Gasteiger partial charge in [0.05, 0.1) is 0 Å². The Bertz CT molecular complexity index is 433. The van der Waals surface area contributed by atoms with Crippen LogP contribution in [-0.2, 0) is 6.42 Å². The third-order valence-corrected chi connectivity index (χ3v) is 5.78. The van der Waals surface area contributed by atoms with Crippen LogP contribution < -0.4 is 5.32 Å². The van der Waals surface area contributed by atoms with E-state index in [0.717, 1.165) is 17.9 Å². The van der Waals surface area contributed by atoms with Gasteiger partial charge in [0.2, 0.25) is 0 Å². The second-order valence-electron chi connectivity index (χ2n) is 7.11. The fourth-order valence-corrected chi connectivity index (χ4v) is 4.54. The molecule has 0 aromatic heterocycles. The minimum Gasteiger partial charge on any atom is -0.313 e. The van der Waals surface area contributed by atoms with Crippen molar-refractivity contribution < 1.29 is 0 Å². The molecule has 1 N–H and O–H groups in total. The number of nitrogens with one attached hydrogen (secondary N) is 1. The highest BCUT2D eigenvalue weighted by molar-refractivity contribution is 5.32. The molecule has 2 aliphatic carbocycles. The fourth-order valence-electron chi connectivity index (χ4n) is 4.54. The van der Waals surface area contributed by atoms with E-state index in [9.17, 15) is 0 Å². The van der Waals surface area contributed by atoms with E-state index in [1.165, 1.54) is 64.3 Å². The van der Waals surface area contributed by atoms with Crippen molar-refractivity contribution in [2.75, 3.05) is 6.54 Å². The maximum atomic E-state index is 3.95. The first-order valence-electron chi connectivity index (χ1n) is 9.19. The summed E-state index contributed by atoms with van der Waals surface area (Å²) < 4.78 is 0. The van der Waals surface area contributed by atoms with Gasteiger partial charge < -0.3 is 5.32 Å². The van der Waals surface area contributed by atoms with Crippen molar-refractivity contribution in [1.82, 2.24) is 5.32 Å². The van der Waals surface area contributed by atoms with E-state index in [-0.39, 0.29) is 0 Å². The van der Waals surface area contributed by atoms with Crippen LogP contribution in [-0.4, -0.2) is 12.6 Å². The van der Waals surface area contributed by atoms with E-state index in [2.05, 4.69) is 36.5 Å². The Labute approximate surface area is 130 Å². The minimum absolute atomic E-state index is 0.743. The van der Waals surface area contributed by atoms with Crippen LogP contribution in [0.5, 0.6) is 0 Å². The first kappa shape index (κ1) is 15.1. The zero-order valence-electron chi connectivity index (χ0n) is 13.6. The highest BCUT2D eigenvalue weighted by atomic mass is 14.9. The van der Waals surface area contributed by atoms with Gasteiger partial charge in [0, 0.05) is 12.6 Å². The third-order valence-electron chi connectivity index (χ3n) is 5.78. The molecule has 1 saturated carbocycles. The van der Waals surface area contributed by atoms with Gasteiger partial charge in [-0.2, -0.15) is 0 Å². The molecule has 0 bridgehead atoms. The number of rotatable bonds is 5. The first-order chi connectivity index (χ1) is 10.4. The topological polar surface area (TPSA) is 12.0 Å². The van der Waals surface area contributed by atoms with E-state index >= 15 is 0 Å². The van der Waals surface area contributed by atoms with Gasteiger partial charge in [-0.25, -0.2) is 0 Å². The van der Waals surface area contributed by atoms with E-state index in [0.29, 0.717) is 0 Å². The number of fused-ring (bicyclic) bond motifs is 1. The molecule has 1 nitrogen and oxygen atoms in total. The summed E-state index contributed by atoms with van der Waals surface area (Å²) in [4.78, 5) is 0. The van der Waals surface area contributed by atoms with Crippen LogP contribution in [0, 0.1) is 5.92 Å². The lowest BCUT2D eigenvalue weighted by atomic mass is 9.81. The van der Waals surface area contributed by atoms with Crippen molar-refractivity contribution in [1.29, 1.82) is 0 Å². The summed E-state index contributed by atoms with van der Waals surface area (Å²) in [6, 6.07) is 9.86. The molecule has 0 saturated heterocycles. The summed E-state index contributed by atoms with van der Waals surface area (Å²) in [5, 5.41) is 3.95. The molecule has 21 heavy (non-hydrogen) atoms. The van der Waals surface area contributed by atoms with E-state index < -0.39 is 0 Å². The predicted octanol–water partition coefficient (Wildman–Crippen LogP) is 5.06. The summed E-state index contributed by atoms with van der Waals surface area (Å²) in [5.41, 5.74) is 3.22. The van der Waals surface area contributed by atoms with Crippen LogP contribution in [0.4, 0.5) is 0 Å². The van der Waals surface area contributed by atoms with Gasteiger partial charge in [0.25, 0.3) is 0 Å². The van der Waals surface area contributed by atoms with E-state index in [1.54, 1.807) is 11.1 Å². The summed E-state index contributed by atoms with van der Waals surface area (Å²) in [5.74, 6) is 1.68. The second kappa shape index (κ2) is 7.45. The van der Waals surface area contributed by atoms with Crippen LogP contribution in [0.15, 0.2) is 24.3 Å². The second-order valence-corrected chi connectivity index (χ2v) is 7.11. The molecule has 0 radical (unpaired) electrons. The average Bonchev–Trinajstić information content (AvgIpc) is 2.56. The summed E-state index contributed by atoms with van der Waals surface area (Å²) in [7, 11) is 0. The van der Waals surface area contributed by atoms with Crippen LogP contribution in [0.3, 0.4) is 0 Å². The fraction of sp³-hybridized carbons (Fsp3) is 0.700. The summed E-state index contributed by atoms with van der Waals surface area (Å²) in [6.45, 7) is 3.55. The zero-order chi connectivity index (χ0) is 14.5. The van der Waals surface area contributed by atoms with Gasteiger partial charge in [-0.3, -0.25) is 0 Å². The van der Waals surface area contributed by atoms with Crippen molar-refractivity contribution in [2.45, 2.75) is 76.7 Å². The van der Waals surface area contributed by atoms with Crippen LogP contribution in [0.25, 0.3) is 0 Å². The molecule has 2 aliphatic rings. The Hall–Kier alpha value is -0.820. The Balaban J connectivity index is 1.59. The molecule has 0 spiro atoms. The summed E-state index contributed by atoms with van der Waals surface area (Å²) in [6.07, 6.45) is 12.6. The smallest absolute Gasteiger partial charge is 0.00929 e. The minimum atomic E-state index is 0.743. The molecule has 116 valence electrons. The highest BCUT2D eigenvalue weighted by Gasteiger charge is 2.24. The Morgan fingerprint density at radius 3 is 2.67 bits per heavy atom. The lowest BCUT2D eigenvalue weighted by Gasteiger charge is -2.33. The van der Waals surface area contributed by atoms with Crippen LogP contribution in [0.1, 0.15) is 75.3 Å². The van der Waals surface area contributed by atoms with Crippen molar-refractivity contribution in [3.05, 3.63) is 35.4 Å². The molecular weight excluding hydrogens is 254 g/mol. The monoisotopic (exact) mass is 285 g/mol. The van der Waals surface area contributed by atoms with E-state index in [1.807, 2.05) is 0 Å². The zero-order valence-corrected chi connectivity index (χ0v) is 13.6. The van der Waals surface area contributed by atoms with Crippen LogP contribution >= 0.6 is 0 Å². The molecule has 1 aromatic carbocycles. The van der Waals surface area contributed by atoms with Gasteiger partial charge in [-0.05, 0) is 61.5 Å². The molecule has 0 heterocycles. The van der Waals surface area contributed by atoms with Gasteiger partial charge in [-0.1, -0.05) is 50.5 Å². The predicted molar refractivity (Wildman–Crippen MR) is 90.8 cm³/mol. The standard InChI is InChI=1S/C20H31N/c1-2-20(17-10-4-3-5-11-17)21-15-18-13-8-12-16-9-6-7-14-19(16)18/h6-7,9,14,17-18,20-21H,2-5,8,10-13,15H2,1H3. The average molecular weight is 285 g/mol. The van der Waals surface area contributed by atoms with Crippen LogP contribution in [0.2, 0.25) is 0 Å². The number of aryl methyl sites for hydroxylation is 1. The maximum absolute atomic E-state index is 3.95.